The maximum absolute atomic E-state index is 13.2. The van der Waals surface area contributed by atoms with Crippen LogP contribution in [0.25, 0.3) is 5.76 Å². The molecule has 1 N–H and O–H groups in total. The molecule has 1 saturated heterocycles. The molecule has 4 rings (SSSR count). The van der Waals surface area contributed by atoms with Crippen molar-refractivity contribution in [3.8, 4) is 5.75 Å². The number of aliphatic hydroxyl groups is 1. The summed E-state index contributed by atoms with van der Waals surface area (Å²) in [6.07, 6.45) is 3.06. The average Bonchev–Trinajstić information content (AvgIpc) is 3.39. The van der Waals surface area contributed by atoms with E-state index in [-0.39, 0.29) is 21.3 Å². The van der Waals surface area contributed by atoms with Gasteiger partial charge in [-0.2, -0.15) is 0 Å². The zero-order valence-corrected chi connectivity index (χ0v) is 21.0. The third-order valence-electron chi connectivity index (χ3n) is 5.54. The van der Waals surface area contributed by atoms with Crippen molar-refractivity contribution in [2.24, 2.45) is 5.92 Å². The number of nitrogens with zero attached hydrogens (tertiary/aromatic N) is 3. The van der Waals surface area contributed by atoms with Crippen LogP contribution in [0.15, 0.2) is 54.4 Å². The lowest BCUT2D eigenvalue weighted by Crippen LogP contribution is -2.29. The number of benzene rings is 1. The van der Waals surface area contributed by atoms with Crippen LogP contribution in [0.2, 0.25) is 0 Å². The minimum atomic E-state index is -0.971. The Balaban J connectivity index is 1.81. The largest absolute Gasteiger partial charge is 0.507 e. The summed E-state index contributed by atoms with van der Waals surface area (Å²) >= 11 is 0.944. The molecule has 0 radical (unpaired) electrons. The number of ketones is 1. The fourth-order valence-electron chi connectivity index (χ4n) is 3.79. The van der Waals surface area contributed by atoms with Crippen LogP contribution in [0.3, 0.4) is 0 Å². The van der Waals surface area contributed by atoms with E-state index in [1.165, 1.54) is 24.4 Å². The van der Waals surface area contributed by atoms with E-state index >= 15 is 0 Å². The predicted octanol–water partition coefficient (Wildman–Crippen LogP) is 4.29. The second-order valence-electron chi connectivity index (χ2n) is 8.58. The number of ether oxygens (including phenoxy) is 2. The number of anilines is 1. The van der Waals surface area contributed by atoms with E-state index in [1.54, 1.807) is 43.3 Å². The number of hydrogen-bond donors (Lipinski definition) is 1. The zero-order chi connectivity index (χ0) is 26.0. The van der Waals surface area contributed by atoms with Crippen LogP contribution in [0.4, 0.5) is 5.13 Å². The summed E-state index contributed by atoms with van der Waals surface area (Å²) in [5.41, 5.74) is 1.19. The van der Waals surface area contributed by atoms with Gasteiger partial charge in [0, 0.05) is 18.0 Å². The second-order valence-corrected chi connectivity index (χ2v) is 9.56. The van der Waals surface area contributed by atoms with E-state index in [0.29, 0.717) is 35.1 Å². The van der Waals surface area contributed by atoms with Gasteiger partial charge in [-0.3, -0.25) is 19.5 Å². The molecule has 1 unspecified atom stereocenters. The minimum Gasteiger partial charge on any atom is -0.507 e. The number of pyridine rings is 1. The molecule has 0 bridgehead atoms. The van der Waals surface area contributed by atoms with Crippen LogP contribution < -0.4 is 9.64 Å². The van der Waals surface area contributed by atoms with Crippen LogP contribution in [-0.4, -0.2) is 46.5 Å². The number of thiazole rings is 1. The Morgan fingerprint density at radius 1 is 1.14 bits per heavy atom. The molecule has 0 spiro atoms. The lowest BCUT2D eigenvalue weighted by Gasteiger charge is -2.22. The summed E-state index contributed by atoms with van der Waals surface area (Å²) in [7, 11) is 1.25. The zero-order valence-electron chi connectivity index (χ0n) is 20.2. The number of carbonyl (C=O) groups is 3. The van der Waals surface area contributed by atoms with E-state index in [1.807, 2.05) is 13.8 Å². The van der Waals surface area contributed by atoms with Gasteiger partial charge in [0.05, 0.1) is 31.0 Å². The third kappa shape index (κ3) is 4.72. The highest BCUT2D eigenvalue weighted by Gasteiger charge is 2.48. The van der Waals surface area contributed by atoms with Crippen LogP contribution >= 0.6 is 11.3 Å². The topological polar surface area (TPSA) is 119 Å². The van der Waals surface area contributed by atoms with E-state index in [9.17, 15) is 19.5 Å². The van der Waals surface area contributed by atoms with Crippen molar-refractivity contribution >= 4 is 39.9 Å². The molecule has 1 atom stereocenters. The molecule has 3 heterocycles. The molecule has 2 aromatic heterocycles. The first-order chi connectivity index (χ1) is 17.2. The number of carbonyl (C=O) groups excluding carboxylic acids is 3. The van der Waals surface area contributed by atoms with Gasteiger partial charge < -0.3 is 14.6 Å². The van der Waals surface area contributed by atoms with Gasteiger partial charge in [0.2, 0.25) is 0 Å². The first-order valence-corrected chi connectivity index (χ1v) is 12.0. The van der Waals surface area contributed by atoms with Crippen LogP contribution in [0.5, 0.6) is 5.75 Å². The number of Topliss-reactive ketones (excluding diaryl/α,β-unsaturated/α-hetero) is 1. The van der Waals surface area contributed by atoms with Gasteiger partial charge in [0.15, 0.2) is 5.13 Å². The normalized spacial score (nSPS) is 17.0. The second kappa shape index (κ2) is 10.3. The number of aliphatic hydroxyl groups excluding tert-OH is 1. The van der Waals surface area contributed by atoms with Gasteiger partial charge in [0.25, 0.3) is 5.78 Å². The summed E-state index contributed by atoms with van der Waals surface area (Å²) in [5.74, 6) is -1.66. The summed E-state index contributed by atoms with van der Waals surface area (Å²) in [5, 5.41) is 11.4. The molecule has 1 aliphatic rings. The maximum atomic E-state index is 13.2. The summed E-state index contributed by atoms with van der Waals surface area (Å²) < 4.78 is 10.5. The molecule has 0 saturated carbocycles. The van der Waals surface area contributed by atoms with E-state index in [0.717, 1.165) is 11.3 Å². The van der Waals surface area contributed by atoms with Crippen molar-refractivity contribution in [2.45, 2.75) is 26.8 Å². The molecule has 36 heavy (non-hydrogen) atoms. The van der Waals surface area contributed by atoms with Crippen molar-refractivity contribution in [1.29, 1.82) is 0 Å². The van der Waals surface area contributed by atoms with Gasteiger partial charge >= 0.3 is 11.9 Å². The lowest BCUT2D eigenvalue weighted by atomic mass is 9.96. The summed E-state index contributed by atoms with van der Waals surface area (Å²) in [6, 6.07) is 8.99. The van der Waals surface area contributed by atoms with Crippen molar-refractivity contribution in [1.82, 2.24) is 9.97 Å². The quantitative estimate of drug-likeness (QED) is 0.218. The Morgan fingerprint density at radius 2 is 1.81 bits per heavy atom. The Labute approximate surface area is 212 Å². The van der Waals surface area contributed by atoms with Gasteiger partial charge in [-0.15, -0.1) is 0 Å². The Morgan fingerprint density at radius 3 is 2.42 bits per heavy atom. The Bertz CT molecular complexity index is 1330. The standard InChI is InChI=1S/C26H25N3O6S/c1-14(2)13-35-18-7-5-17(6-8-18)21(30)19-20(16-9-11-27-12-10-16)29(24(32)22(19)31)26-28-15(3)23(36-26)25(33)34-4/h5-12,14,20,30H,13H2,1-4H3. The number of rotatable bonds is 7. The molecular weight excluding hydrogens is 482 g/mol. The number of aromatic nitrogens is 2. The molecular formula is C26H25N3O6S. The highest BCUT2D eigenvalue weighted by Crippen LogP contribution is 2.43. The smallest absolute Gasteiger partial charge is 0.350 e. The molecule has 1 fully saturated rings. The fraction of sp³-hybridized carbons (Fsp3) is 0.269. The van der Waals surface area contributed by atoms with Crippen molar-refractivity contribution in [2.75, 3.05) is 18.6 Å². The number of methoxy groups -OCH3 is 1. The molecule has 186 valence electrons. The molecule has 1 aliphatic heterocycles. The van der Waals surface area contributed by atoms with Crippen LogP contribution in [0, 0.1) is 12.8 Å². The number of esters is 1. The first kappa shape index (κ1) is 25.1. The summed E-state index contributed by atoms with van der Waals surface area (Å²) in [6.45, 7) is 6.24. The van der Waals surface area contributed by atoms with Gasteiger partial charge in [-0.25, -0.2) is 9.78 Å². The number of aryl methyl sites for hydroxylation is 1. The van der Waals surface area contributed by atoms with Gasteiger partial charge in [-0.05, 0) is 54.8 Å². The molecule has 0 aliphatic carbocycles. The number of amides is 1. The average molecular weight is 508 g/mol. The molecule has 10 heteroatoms. The first-order valence-electron chi connectivity index (χ1n) is 11.2. The predicted molar refractivity (Wildman–Crippen MR) is 134 cm³/mol. The van der Waals surface area contributed by atoms with Crippen LogP contribution in [-0.2, 0) is 14.3 Å². The van der Waals surface area contributed by atoms with Crippen LogP contribution in [0.1, 0.15) is 46.4 Å². The monoisotopic (exact) mass is 507 g/mol. The SMILES string of the molecule is COC(=O)c1sc(N2C(=O)C(=O)C(=C(O)c3ccc(OCC(C)C)cc3)C2c2ccncc2)nc1C. The molecule has 1 amide bonds. The molecule has 1 aromatic carbocycles. The van der Waals surface area contributed by atoms with Gasteiger partial charge in [-0.1, -0.05) is 25.2 Å². The van der Waals surface area contributed by atoms with E-state index in [2.05, 4.69) is 9.97 Å². The van der Waals surface area contributed by atoms with Crippen molar-refractivity contribution < 1.29 is 29.0 Å². The third-order valence-corrected chi connectivity index (χ3v) is 6.68. The van der Waals surface area contributed by atoms with E-state index in [4.69, 9.17) is 9.47 Å². The highest BCUT2D eigenvalue weighted by molar-refractivity contribution is 7.17. The summed E-state index contributed by atoms with van der Waals surface area (Å²) in [4.78, 5) is 48.4. The lowest BCUT2D eigenvalue weighted by molar-refractivity contribution is -0.132. The van der Waals surface area contributed by atoms with Crippen molar-refractivity contribution in [3.05, 3.63) is 76.1 Å². The number of hydrogen-bond acceptors (Lipinski definition) is 9. The van der Waals surface area contributed by atoms with Crippen molar-refractivity contribution in [3.63, 3.8) is 0 Å². The molecule has 3 aromatic rings. The highest BCUT2D eigenvalue weighted by atomic mass is 32.1. The molecule has 9 nitrogen and oxygen atoms in total. The maximum Gasteiger partial charge on any atom is 0.350 e. The fourth-order valence-corrected chi connectivity index (χ4v) is 4.80. The van der Waals surface area contributed by atoms with Gasteiger partial charge in [0.1, 0.15) is 16.4 Å². The van der Waals surface area contributed by atoms with E-state index < -0.39 is 23.7 Å². The Kier molecular flexibility index (Phi) is 7.16. The minimum absolute atomic E-state index is 0.0884. The Hall–Kier alpha value is -4.05.